The molecule has 0 radical (unpaired) electrons. The van der Waals surface area contributed by atoms with Crippen LogP contribution in [-0.4, -0.2) is 22.6 Å². The fraction of sp³-hybridized carbons (Fsp3) is 0.435. The molecule has 27 heavy (non-hydrogen) atoms. The molecule has 1 saturated carbocycles. The van der Waals surface area contributed by atoms with Gasteiger partial charge in [0, 0.05) is 18.2 Å². The quantitative estimate of drug-likeness (QED) is 0.651. The summed E-state index contributed by atoms with van der Waals surface area (Å²) in [5.74, 6) is -0.256. The molecule has 0 aromatic heterocycles. The Labute approximate surface area is 161 Å². The number of carbonyl (C=O) groups excluding carboxylic acids is 1. The molecule has 2 aromatic carbocycles. The molecule has 3 rings (SSSR count). The van der Waals surface area contributed by atoms with Gasteiger partial charge in [-0.2, -0.15) is 0 Å². The molecule has 3 nitrogen and oxygen atoms in total. The highest BCUT2D eigenvalue weighted by Gasteiger charge is 2.35. The molecule has 1 aliphatic carbocycles. The molecule has 4 heteroatoms. The minimum atomic E-state index is -0.538. The van der Waals surface area contributed by atoms with E-state index in [4.69, 9.17) is 4.74 Å². The van der Waals surface area contributed by atoms with Gasteiger partial charge in [0.05, 0.1) is 0 Å². The van der Waals surface area contributed by atoms with Gasteiger partial charge in [-0.1, -0.05) is 43.3 Å². The first-order chi connectivity index (χ1) is 12.8. The Hall–Kier alpha value is -2.36. The smallest absolute Gasteiger partial charge is 0.410 e. The van der Waals surface area contributed by atoms with Crippen LogP contribution in [0, 0.1) is 5.82 Å². The van der Waals surface area contributed by atoms with E-state index in [-0.39, 0.29) is 18.0 Å². The average Bonchev–Trinajstić information content (AvgIpc) is 3.43. The van der Waals surface area contributed by atoms with Crippen molar-refractivity contribution in [2.24, 2.45) is 0 Å². The minimum absolute atomic E-state index is 0.198. The van der Waals surface area contributed by atoms with Gasteiger partial charge >= 0.3 is 6.09 Å². The maximum absolute atomic E-state index is 14.9. The normalized spacial score (nSPS) is 14.1. The van der Waals surface area contributed by atoms with Gasteiger partial charge in [-0.3, -0.25) is 0 Å². The lowest BCUT2D eigenvalue weighted by Crippen LogP contribution is -2.37. The van der Waals surface area contributed by atoms with E-state index in [2.05, 4.69) is 6.92 Å². The summed E-state index contributed by atoms with van der Waals surface area (Å²) in [5, 5.41) is 0. The molecule has 1 aliphatic rings. The predicted molar refractivity (Wildman–Crippen MR) is 106 cm³/mol. The van der Waals surface area contributed by atoms with Crippen LogP contribution in [0.4, 0.5) is 9.18 Å². The maximum atomic E-state index is 14.9. The summed E-state index contributed by atoms with van der Waals surface area (Å²) in [6.07, 6.45) is 2.48. The van der Waals surface area contributed by atoms with Crippen molar-refractivity contribution in [3.8, 4) is 11.1 Å². The summed E-state index contributed by atoms with van der Waals surface area (Å²) in [7, 11) is 0. The lowest BCUT2D eigenvalue weighted by Gasteiger charge is -2.27. The van der Waals surface area contributed by atoms with E-state index in [1.807, 2.05) is 57.2 Å². The van der Waals surface area contributed by atoms with E-state index >= 15 is 0 Å². The van der Waals surface area contributed by atoms with E-state index < -0.39 is 5.60 Å². The Morgan fingerprint density at radius 3 is 2.44 bits per heavy atom. The number of halogens is 1. The fourth-order valence-corrected chi connectivity index (χ4v) is 3.21. The summed E-state index contributed by atoms with van der Waals surface area (Å²) in [5.41, 5.74) is 2.89. The topological polar surface area (TPSA) is 29.5 Å². The first kappa shape index (κ1) is 19.4. The minimum Gasteiger partial charge on any atom is -0.444 e. The molecule has 0 spiro atoms. The van der Waals surface area contributed by atoms with Crippen LogP contribution in [0.2, 0.25) is 0 Å². The molecule has 144 valence electrons. The molecule has 0 unspecified atom stereocenters. The third-order valence-corrected chi connectivity index (χ3v) is 4.69. The van der Waals surface area contributed by atoms with Gasteiger partial charge in [-0.25, -0.2) is 9.18 Å². The molecule has 0 atom stereocenters. The molecule has 0 bridgehead atoms. The van der Waals surface area contributed by atoms with Crippen LogP contribution in [-0.2, 0) is 17.7 Å². The van der Waals surface area contributed by atoms with Crippen LogP contribution in [0.5, 0.6) is 0 Å². The van der Waals surface area contributed by atoms with Crippen molar-refractivity contribution in [2.75, 3.05) is 0 Å². The van der Waals surface area contributed by atoms with Crippen molar-refractivity contribution < 1.29 is 13.9 Å². The lowest BCUT2D eigenvalue weighted by molar-refractivity contribution is 0.0216. The van der Waals surface area contributed by atoms with Gasteiger partial charge in [-0.05, 0) is 62.8 Å². The van der Waals surface area contributed by atoms with Gasteiger partial charge in [0.2, 0.25) is 0 Å². The Morgan fingerprint density at radius 2 is 1.85 bits per heavy atom. The van der Waals surface area contributed by atoms with E-state index in [1.165, 1.54) is 0 Å². The number of carbonyl (C=O) groups is 1. The second-order valence-electron chi connectivity index (χ2n) is 8.16. The van der Waals surface area contributed by atoms with Gasteiger partial charge in [0.1, 0.15) is 11.4 Å². The molecule has 0 heterocycles. The molecular formula is C23H28FNO2. The summed E-state index contributed by atoms with van der Waals surface area (Å²) < 4.78 is 20.4. The fourth-order valence-electron chi connectivity index (χ4n) is 3.21. The summed E-state index contributed by atoms with van der Waals surface area (Å²) in [6, 6.07) is 13.4. The van der Waals surface area contributed by atoms with E-state index in [0.717, 1.165) is 36.0 Å². The van der Waals surface area contributed by atoms with Crippen molar-refractivity contribution in [3.63, 3.8) is 0 Å². The molecule has 0 aliphatic heterocycles. The van der Waals surface area contributed by atoms with Crippen LogP contribution in [0.1, 0.15) is 51.7 Å². The largest absolute Gasteiger partial charge is 0.444 e. The Balaban J connectivity index is 1.81. The zero-order valence-electron chi connectivity index (χ0n) is 16.6. The number of ether oxygens (including phenoxy) is 1. The number of nitrogens with zero attached hydrogens (tertiary/aromatic N) is 1. The predicted octanol–water partition coefficient (Wildman–Crippen LogP) is 5.95. The zero-order chi connectivity index (χ0) is 19.6. The summed E-state index contributed by atoms with van der Waals surface area (Å²) in [4.78, 5) is 14.2. The van der Waals surface area contributed by atoms with E-state index in [0.29, 0.717) is 12.1 Å². The van der Waals surface area contributed by atoms with Gasteiger partial charge in [0.25, 0.3) is 0 Å². The number of hydrogen-bond donors (Lipinski definition) is 0. The lowest BCUT2D eigenvalue weighted by atomic mass is 9.97. The second-order valence-corrected chi connectivity index (χ2v) is 8.16. The average molecular weight is 369 g/mol. The third-order valence-electron chi connectivity index (χ3n) is 4.69. The molecule has 0 N–H and O–H groups in total. The molecule has 0 saturated heterocycles. The molecular weight excluding hydrogens is 341 g/mol. The van der Waals surface area contributed by atoms with Crippen LogP contribution in [0.15, 0.2) is 42.5 Å². The highest BCUT2D eigenvalue weighted by atomic mass is 19.1. The van der Waals surface area contributed by atoms with Crippen molar-refractivity contribution in [2.45, 2.75) is 65.1 Å². The molecule has 1 amide bonds. The highest BCUT2D eigenvalue weighted by Crippen LogP contribution is 2.32. The maximum Gasteiger partial charge on any atom is 0.410 e. The molecule has 1 fully saturated rings. The van der Waals surface area contributed by atoms with Crippen molar-refractivity contribution >= 4 is 6.09 Å². The highest BCUT2D eigenvalue weighted by molar-refractivity contribution is 5.70. The number of rotatable bonds is 5. The van der Waals surface area contributed by atoms with Crippen molar-refractivity contribution in [1.29, 1.82) is 0 Å². The molecule has 2 aromatic rings. The Bertz CT molecular complexity index is 821. The number of hydrogen-bond acceptors (Lipinski definition) is 2. The van der Waals surface area contributed by atoms with Gasteiger partial charge in [0.15, 0.2) is 0 Å². The van der Waals surface area contributed by atoms with E-state index in [9.17, 15) is 9.18 Å². The number of amides is 1. The third kappa shape index (κ3) is 4.88. The first-order valence-corrected chi connectivity index (χ1v) is 9.65. The number of aryl methyl sites for hydroxylation is 1. The Kier molecular flexibility index (Phi) is 5.54. The van der Waals surface area contributed by atoms with E-state index in [1.54, 1.807) is 11.0 Å². The summed E-state index contributed by atoms with van der Waals surface area (Å²) in [6.45, 7) is 8.01. The first-order valence-electron chi connectivity index (χ1n) is 9.65. The zero-order valence-corrected chi connectivity index (χ0v) is 16.6. The Morgan fingerprint density at radius 1 is 1.15 bits per heavy atom. The van der Waals surface area contributed by atoms with Crippen LogP contribution < -0.4 is 0 Å². The summed E-state index contributed by atoms with van der Waals surface area (Å²) >= 11 is 0. The second kappa shape index (κ2) is 7.71. The van der Waals surface area contributed by atoms with Gasteiger partial charge < -0.3 is 9.64 Å². The van der Waals surface area contributed by atoms with Crippen LogP contribution >= 0.6 is 0 Å². The van der Waals surface area contributed by atoms with Crippen LogP contribution in [0.25, 0.3) is 11.1 Å². The van der Waals surface area contributed by atoms with Crippen molar-refractivity contribution in [3.05, 3.63) is 59.4 Å². The van der Waals surface area contributed by atoms with Gasteiger partial charge in [-0.15, -0.1) is 0 Å². The standard InChI is InChI=1S/C23H28FNO2/c1-5-17-8-6-7-9-19(17)20-13-10-16(14-21(20)24)15-25(18-11-12-18)22(26)27-23(2,3)4/h6-10,13-14,18H,5,11-12,15H2,1-4H3. The van der Waals surface area contributed by atoms with Crippen molar-refractivity contribution in [1.82, 2.24) is 4.90 Å². The SMILES string of the molecule is CCc1ccccc1-c1ccc(CN(C(=O)OC(C)(C)C)C2CC2)cc1F. The monoisotopic (exact) mass is 369 g/mol. The van der Waals surface area contributed by atoms with Crippen LogP contribution in [0.3, 0.4) is 0 Å². The number of benzene rings is 2.